The Morgan fingerprint density at radius 1 is 1.24 bits per heavy atom. The number of nitrogens with one attached hydrogen (secondary N) is 1. The normalized spacial score (nSPS) is 15.4. The van der Waals surface area contributed by atoms with Crippen LogP contribution in [0, 0.1) is 0 Å². The molecule has 1 aromatic rings. The Morgan fingerprint density at radius 3 is 2.52 bits per heavy atom. The lowest BCUT2D eigenvalue weighted by molar-refractivity contribution is 0.480. The van der Waals surface area contributed by atoms with E-state index < -0.39 is 0 Å². The highest BCUT2D eigenvalue weighted by molar-refractivity contribution is 5.21. The van der Waals surface area contributed by atoms with Crippen LogP contribution in [0.2, 0.25) is 0 Å². The molecule has 0 unspecified atom stereocenters. The van der Waals surface area contributed by atoms with Gasteiger partial charge in [0.2, 0.25) is 0 Å². The van der Waals surface area contributed by atoms with Gasteiger partial charge in [-0.1, -0.05) is 46.6 Å². The van der Waals surface area contributed by atoms with Gasteiger partial charge in [0.15, 0.2) is 0 Å². The van der Waals surface area contributed by atoms with Gasteiger partial charge in [-0.15, -0.1) is 0 Å². The predicted octanol–water partition coefficient (Wildman–Crippen LogP) is 3.59. The van der Waals surface area contributed by atoms with Crippen molar-refractivity contribution in [3.05, 3.63) is 33.7 Å². The SMILES string of the molecule is CCCCCn1c(C(C)(C)C)ccc(CNC2CC2)c1=O. The van der Waals surface area contributed by atoms with Crippen molar-refractivity contribution in [3.63, 3.8) is 0 Å². The van der Waals surface area contributed by atoms with Gasteiger partial charge in [0, 0.05) is 35.8 Å². The average Bonchev–Trinajstić information content (AvgIpc) is 3.22. The van der Waals surface area contributed by atoms with Gasteiger partial charge in [-0.05, 0) is 25.3 Å². The van der Waals surface area contributed by atoms with E-state index in [1.807, 2.05) is 10.6 Å². The zero-order chi connectivity index (χ0) is 15.5. The molecule has 118 valence electrons. The monoisotopic (exact) mass is 290 g/mol. The maximum atomic E-state index is 12.8. The molecule has 3 heteroatoms. The second-order valence-corrected chi connectivity index (χ2v) is 7.31. The first kappa shape index (κ1) is 16.3. The molecule has 0 aliphatic heterocycles. The third kappa shape index (κ3) is 4.44. The molecule has 0 bridgehead atoms. The Kier molecular flexibility index (Phi) is 5.26. The average molecular weight is 290 g/mol. The minimum atomic E-state index is 0.00776. The Bertz CT molecular complexity index is 521. The topological polar surface area (TPSA) is 34.0 Å². The number of pyridine rings is 1. The van der Waals surface area contributed by atoms with Crippen LogP contribution in [-0.4, -0.2) is 10.6 Å². The van der Waals surface area contributed by atoms with E-state index in [2.05, 4.69) is 39.1 Å². The van der Waals surface area contributed by atoms with E-state index in [1.54, 1.807) is 0 Å². The molecule has 0 aromatic carbocycles. The summed E-state index contributed by atoms with van der Waals surface area (Å²) >= 11 is 0. The van der Waals surface area contributed by atoms with Crippen molar-refractivity contribution < 1.29 is 0 Å². The molecule has 0 amide bonds. The second kappa shape index (κ2) is 6.78. The first-order chi connectivity index (χ1) is 9.93. The Balaban J connectivity index is 2.24. The first-order valence-corrected chi connectivity index (χ1v) is 8.40. The Hall–Kier alpha value is -1.09. The molecular formula is C18H30N2O. The molecule has 21 heavy (non-hydrogen) atoms. The largest absolute Gasteiger partial charge is 0.312 e. The van der Waals surface area contributed by atoms with Gasteiger partial charge in [-0.3, -0.25) is 4.79 Å². The lowest BCUT2D eigenvalue weighted by Crippen LogP contribution is -2.33. The predicted molar refractivity (Wildman–Crippen MR) is 88.8 cm³/mol. The third-order valence-corrected chi connectivity index (χ3v) is 4.17. The quantitative estimate of drug-likeness (QED) is 0.779. The van der Waals surface area contributed by atoms with Crippen molar-refractivity contribution >= 4 is 0 Å². The Labute approximate surface area is 128 Å². The van der Waals surface area contributed by atoms with Crippen LogP contribution in [0.4, 0.5) is 0 Å². The maximum Gasteiger partial charge on any atom is 0.255 e. The highest BCUT2D eigenvalue weighted by Crippen LogP contribution is 2.22. The Morgan fingerprint density at radius 2 is 1.95 bits per heavy atom. The minimum absolute atomic E-state index is 0.00776. The van der Waals surface area contributed by atoms with E-state index in [9.17, 15) is 4.79 Å². The number of unbranched alkanes of at least 4 members (excludes halogenated alkanes) is 2. The van der Waals surface area contributed by atoms with Crippen molar-refractivity contribution in [1.29, 1.82) is 0 Å². The summed E-state index contributed by atoms with van der Waals surface area (Å²) in [6, 6.07) is 4.81. The van der Waals surface area contributed by atoms with Crippen molar-refractivity contribution in [3.8, 4) is 0 Å². The molecule has 1 saturated carbocycles. The van der Waals surface area contributed by atoms with Crippen LogP contribution in [0.15, 0.2) is 16.9 Å². The van der Waals surface area contributed by atoms with Crippen LogP contribution in [-0.2, 0) is 18.5 Å². The van der Waals surface area contributed by atoms with Gasteiger partial charge in [0.1, 0.15) is 0 Å². The molecular weight excluding hydrogens is 260 g/mol. The summed E-state index contributed by atoms with van der Waals surface area (Å²) in [6.45, 7) is 10.3. The van der Waals surface area contributed by atoms with Crippen molar-refractivity contribution in [1.82, 2.24) is 9.88 Å². The zero-order valence-corrected chi connectivity index (χ0v) is 14.0. The van der Waals surface area contributed by atoms with E-state index in [1.165, 1.54) is 25.7 Å². The summed E-state index contributed by atoms with van der Waals surface area (Å²) in [5.41, 5.74) is 2.27. The zero-order valence-electron chi connectivity index (χ0n) is 14.0. The smallest absolute Gasteiger partial charge is 0.255 e. The fourth-order valence-corrected chi connectivity index (χ4v) is 2.70. The molecule has 1 aliphatic carbocycles. The van der Waals surface area contributed by atoms with Gasteiger partial charge >= 0.3 is 0 Å². The summed E-state index contributed by atoms with van der Waals surface area (Å²) in [4.78, 5) is 12.8. The fraction of sp³-hybridized carbons (Fsp3) is 0.722. The van der Waals surface area contributed by atoms with Gasteiger partial charge in [0.05, 0.1) is 0 Å². The lowest BCUT2D eigenvalue weighted by atomic mass is 9.90. The van der Waals surface area contributed by atoms with E-state index in [4.69, 9.17) is 0 Å². The van der Waals surface area contributed by atoms with Crippen LogP contribution >= 0.6 is 0 Å². The van der Waals surface area contributed by atoms with E-state index in [-0.39, 0.29) is 11.0 Å². The summed E-state index contributed by atoms with van der Waals surface area (Å²) < 4.78 is 2.01. The summed E-state index contributed by atoms with van der Waals surface area (Å²) in [6.07, 6.45) is 5.96. The summed E-state index contributed by atoms with van der Waals surface area (Å²) in [5.74, 6) is 0. The summed E-state index contributed by atoms with van der Waals surface area (Å²) in [7, 11) is 0. The minimum Gasteiger partial charge on any atom is -0.312 e. The van der Waals surface area contributed by atoms with Crippen molar-refractivity contribution in [2.75, 3.05) is 0 Å². The molecule has 0 spiro atoms. The van der Waals surface area contributed by atoms with Crippen LogP contribution in [0.1, 0.15) is 71.1 Å². The highest BCUT2D eigenvalue weighted by atomic mass is 16.1. The van der Waals surface area contributed by atoms with E-state index >= 15 is 0 Å². The van der Waals surface area contributed by atoms with E-state index in [0.29, 0.717) is 12.6 Å². The second-order valence-electron chi connectivity index (χ2n) is 7.31. The van der Waals surface area contributed by atoms with Crippen LogP contribution in [0.5, 0.6) is 0 Å². The third-order valence-electron chi connectivity index (χ3n) is 4.17. The highest BCUT2D eigenvalue weighted by Gasteiger charge is 2.22. The molecule has 1 fully saturated rings. The fourth-order valence-electron chi connectivity index (χ4n) is 2.70. The van der Waals surface area contributed by atoms with Gasteiger partial charge in [0.25, 0.3) is 5.56 Å². The first-order valence-electron chi connectivity index (χ1n) is 8.40. The van der Waals surface area contributed by atoms with E-state index in [0.717, 1.165) is 24.2 Å². The molecule has 1 heterocycles. The van der Waals surface area contributed by atoms with Crippen LogP contribution in [0.3, 0.4) is 0 Å². The number of hydrogen-bond donors (Lipinski definition) is 1. The van der Waals surface area contributed by atoms with Crippen molar-refractivity contribution in [2.24, 2.45) is 0 Å². The van der Waals surface area contributed by atoms with Crippen LogP contribution < -0.4 is 10.9 Å². The number of hydrogen-bond acceptors (Lipinski definition) is 2. The number of aromatic nitrogens is 1. The van der Waals surface area contributed by atoms with Gasteiger partial charge in [-0.25, -0.2) is 0 Å². The molecule has 0 saturated heterocycles. The lowest BCUT2D eigenvalue weighted by Gasteiger charge is -2.25. The molecule has 3 nitrogen and oxygen atoms in total. The van der Waals surface area contributed by atoms with Gasteiger partial charge in [-0.2, -0.15) is 0 Å². The molecule has 1 N–H and O–H groups in total. The molecule has 1 aliphatic rings. The van der Waals surface area contributed by atoms with Gasteiger partial charge < -0.3 is 9.88 Å². The molecule has 0 atom stereocenters. The molecule has 1 aromatic heterocycles. The van der Waals surface area contributed by atoms with Crippen molar-refractivity contribution in [2.45, 2.75) is 84.3 Å². The number of nitrogens with zero attached hydrogens (tertiary/aromatic N) is 1. The molecule has 2 rings (SSSR count). The molecule has 0 radical (unpaired) electrons. The summed E-state index contributed by atoms with van der Waals surface area (Å²) in [5, 5.41) is 3.45. The standard InChI is InChI=1S/C18H30N2O/c1-5-6-7-12-20-16(18(2,3)4)11-8-14(17(20)21)13-19-15-9-10-15/h8,11,15,19H,5-7,9-10,12-13H2,1-4H3. The van der Waals surface area contributed by atoms with Crippen LogP contribution in [0.25, 0.3) is 0 Å². The maximum absolute atomic E-state index is 12.8. The number of rotatable bonds is 7.